The number of halogens is 7. The number of alkyl halides is 6. The number of benzene rings is 2. The molecule has 444 valence electrons. The Hall–Kier alpha value is -8.41. The number of aromatic nitrogens is 4. The lowest BCUT2D eigenvalue weighted by Crippen LogP contribution is -2.36. The zero-order chi connectivity index (χ0) is 60.8. The normalized spacial score (nSPS) is 16.7. The zero-order valence-corrected chi connectivity index (χ0v) is 47.8. The molecule has 85 heavy (non-hydrogen) atoms. The van der Waals surface area contributed by atoms with Crippen LogP contribution in [0.5, 0.6) is 0 Å². The molecule has 2 aromatic carbocycles. The van der Waals surface area contributed by atoms with Crippen molar-refractivity contribution in [3.05, 3.63) is 143 Å². The minimum Gasteiger partial charge on any atom is -0.378 e. The Bertz CT molecular complexity index is 3540. The molecule has 16 nitrogen and oxygen atoms in total. The minimum absolute atomic E-state index is 0.0522. The van der Waals surface area contributed by atoms with Gasteiger partial charge in [0.1, 0.15) is 22.8 Å². The van der Waals surface area contributed by atoms with Crippen molar-refractivity contribution >= 4 is 57.3 Å². The van der Waals surface area contributed by atoms with E-state index in [9.17, 15) is 45.5 Å². The van der Waals surface area contributed by atoms with Crippen LogP contribution in [0.1, 0.15) is 81.3 Å². The summed E-state index contributed by atoms with van der Waals surface area (Å²) >= 11 is 4.64. The van der Waals surface area contributed by atoms with E-state index in [1.54, 1.807) is 48.5 Å². The van der Waals surface area contributed by atoms with Crippen LogP contribution in [0.2, 0.25) is 0 Å². The van der Waals surface area contributed by atoms with Crippen LogP contribution in [-0.4, -0.2) is 127 Å². The second kappa shape index (κ2) is 28.4. The van der Waals surface area contributed by atoms with Gasteiger partial charge in [-0.05, 0) is 140 Å². The van der Waals surface area contributed by atoms with E-state index in [0.717, 1.165) is 108 Å². The number of hydrogen-bond donors (Lipinski definition) is 3. The SMILES string of the molecule is CC(=O)Cl.CC(=O)N1CCC(C#Cc2ncc(-c3cc(NC(=O)c4ccnc(C(F)(F)F)c4)ccc3C)cc2N2CCOCC2)C1.Cc1ccc(NC(=O)c2ccnc(C(F)(F)F)c2)cc1-c1cnc(C#CC2CCNC2)c(N2CCOCC2)c1. The Morgan fingerprint density at radius 3 is 1.46 bits per heavy atom. The quantitative estimate of drug-likeness (QED) is 0.0744. The van der Waals surface area contributed by atoms with E-state index in [1.165, 1.54) is 19.1 Å². The van der Waals surface area contributed by atoms with Crippen LogP contribution in [0.25, 0.3) is 22.3 Å². The number of carbonyl (C=O) groups is 4. The summed E-state index contributed by atoms with van der Waals surface area (Å²) in [6, 6.07) is 18.7. The number of nitrogens with one attached hydrogen (secondary N) is 3. The van der Waals surface area contributed by atoms with Crippen molar-refractivity contribution in [2.24, 2.45) is 11.8 Å². The Morgan fingerprint density at radius 2 is 1.06 bits per heavy atom. The van der Waals surface area contributed by atoms with Crippen LogP contribution in [-0.2, 0) is 31.4 Å². The van der Waals surface area contributed by atoms with Crippen molar-refractivity contribution in [2.75, 3.05) is 99.2 Å². The van der Waals surface area contributed by atoms with Gasteiger partial charge in [0, 0.05) is 130 Å². The molecule has 0 saturated carbocycles. The maximum absolute atomic E-state index is 13.1. The van der Waals surface area contributed by atoms with Crippen LogP contribution < -0.4 is 25.8 Å². The van der Waals surface area contributed by atoms with Crippen LogP contribution >= 0.6 is 11.6 Å². The molecule has 8 heterocycles. The molecule has 4 aliphatic heterocycles. The second-order valence-corrected chi connectivity index (χ2v) is 20.9. The summed E-state index contributed by atoms with van der Waals surface area (Å²) in [6.45, 7) is 15.1. The van der Waals surface area contributed by atoms with Gasteiger partial charge in [0.25, 0.3) is 11.8 Å². The van der Waals surface area contributed by atoms with Crippen molar-refractivity contribution in [1.82, 2.24) is 30.2 Å². The van der Waals surface area contributed by atoms with Gasteiger partial charge in [-0.3, -0.25) is 29.1 Å². The molecule has 6 aromatic rings. The van der Waals surface area contributed by atoms with Crippen molar-refractivity contribution in [3.8, 4) is 45.9 Å². The minimum atomic E-state index is -4.65. The number of anilines is 4. The first-order valence-corrected chi connectivity index (χ1v) is 27.7. The Kier molecular flexibility index (Phi) is 21.0. The number of ether oxygens (including phenoxy) is 2. The van der Waals surface area contributed by atoms with E-state index in [2.05, 4.69) is 77.1 Å². The largest absolute Gasteiger partial charge is 0.433 e. The molecule has 10 rings (SSSR count). The predicted octanol–water partition coefficient (Wildman–Crippen LogP) is 10.1. The van der Waals surface area contributed by atoms with Gasteiger partial charge >= 0.3 is 12.4 Å². The maximum atomic E-state index is 13.1. The van der Waals surface area contributed by atoms with Crippen LogP contribution in [0.4, 0.5) is 49.1 Å². The number of rotatable bonds is 8. The van der Waals surface area contributed by atoms with Gasteiger partial charge in [-0.15, -0.1) is 0 Å². The van der Waals surface area contributed by atoms with E-state index in [0.29, 0.717) is 81.3 Å². The fourth-order valence-corrected chi connectivity index (χ4v) is 9.65. The topological polar surface area (TPSA) is 184 Å². The average molecular weight is 1190 g/mol. The first kappa shape index (κ1) is 62.6. The number of carbonyl (C=O) groups excluding carboxylic acids is 4. The molecule has 0 bridgehead atoms. The van der Waals surface area contributed by atoms with Crippen molar-refractivity contribution in [2.45, 2.75) is 52.9 Å². The van der Waals surface area contributed by atoms with E-state index >= 15 is 0 Å². The summed E-state index contributed by atoms with van der Waals surface area (Å²) < 4.78 is 89.4. The van der Waals surface area contributed by atoms with Gasteiger partial charge in [-0.25, -0.2) is 9.97 Å². The molecule has 4 saturated heterocycles. The van der Waals surface area contributed by atoms with E-state index in [1.807, 2.05) is 32.0 Å². The lowest BCUT2D eigenvalue weighted by Gasteiger charge is -2.29. The number of hydrogen-bond acceptors (Lipinski definition) is 13. The van der Waals surface area contributed by atoms with Gasteiger partial charge in [-0.1, -0.05) is 24.0 Å². The first-order valence-electron chi connectivity index (χ1n) is 27.3. The van der Waals surface area contributed by atoms with Crippen molar-refractivity contribution in [1.29, 1.82) is 0 Å². The lowest BCUT2D eigenvalue weighted by molar-refractivity contribution is -0.142. The molecule has 0 spiro atoms. The molecule has 3 N–H and O–H groups in total. The highest BCUT2D eigenvalue weighted by molar-refractivity contribution is 6.62. The summed E-state index contributed by atoms with van der Waals surface area (Å²) in [5, 5.41) is 8.37. The summed E-state index contributed by atoms with van der Waals surface area (Å²) in [5.74, 6) is 12.3. The zero-order valence-electron chi connectivity index (χ0n) is 47.0. The van der Waals surface area contributed by atoms with Crippen molar-refractivity contribution in [3.63, 3.8) is 0 Å². The third kappa shape index (κ3) is 17.4. The number of amides is 3. The molecule has 0 aliphatic carbocycles. The maximum Gasteiger partial charge on any atom is 0.433 e. The lowest BCUT2D eigenvalue weighted by atomic mass is 10.00. The Labute approximate surface area is 493 Å². The van der Waals surface area contributed by atoms with E-state index in [4.69, 9.17) is 19.4 Å². The number of nitrogens with zero attached hydrogens (tertiary/aromatic N) is 7. The molecule has 3 amide bonds. The standard InChI is InChI=1S/C31H30F3N5O3.C29H28F3N5O2.C2H3ClO/c1-20-3-5-25(37-30(41)23-7-9-35-29(16-23)31(32,33)34)17-26(20)24-15-28(38-11-13-42-14-12-38)27(36-18-24)6-4-22-8-10-39(19-22)21(2)40;1-19-2-4-23(36-28(38)21-7-9-34-27(15-21)29(30,31)32)16-24(19)22-14-26(37-10-12-39-13-11-37)25(35-18-22)5-3-20-6-8-33-17-20;1-2(3)4/h3,5,7,9,15-18,22H,8,10-14,19H2,1-2H3,(H,37,41);2,4,7,9,14-16,18,20,33H,6,8,10-13,17H2,1H3,(H,36,38);1H3. The highest BCUT2D eigenvalue weighted by atomic mass is 35.5. The van der Waals surface area contributed by atoms with Crippen LogP contribution in [0.3, 0.4) is 0 Å². The van der Waals surface area contributed by atoms with Crippen LogP contribution in [0.15, 0.2) is 97.6 Å². The smallest absolute Gasteiger partial charge is 0.378 e. The van der Waals surface area contributed by atoms with Crippen LogP contribution in [0, 0.1) is 49.4 Å². The molecule has 0 radical (unpaired) electrons. The summed E-state index contributed by atoms with van der Waals surface area (Å²) in [4.78, 5) is 68.8. The van der Waals surface area contributed by atoms with Gasteiger partial charge in [-0.2, -0.15) is 26.3 Å². The van der Waals surface area contributed by atoms with Crippen molar-refractivity contribution < 1.29 is 55.0 Å². The number of morpholine rings is 2. The third-order valence-electron chi connectivity index (χ3n) is 14.2. The van der Waals surface area contributed by atoms with E-state index < -0.39 is 35.6 Å². The fraction of sp³-hybridized carbons (Fsp3) is 0.355. The summed E-state index contributed by atoms with van der Waals surface area (Å²) in [6.07, 6.45) is -1.99. The molecular weight excluding hydrogens is 1130 g/mol. The monoisotopic (exact) mass is 1190 g/mol. The molecule has 4 aliphatic rings. The van der Waals surface area contributed by atoms with Gasteiger partial charge in [0.2, 0.25) is 11.1 Å². The van der Waals surface area contributed by atoms with Gasteiger partial charge in [0.15, 0.2) is 0 Å². The second-order valence-electron chi connectivity index (χ2n) is 20.4. The van der Waals surface area contributed by atoms with Gasteiger partial charge in [0.05, 0.1) is 37.8 Å². The highest BCUT2D eigenvalue weighted by Gasteiger charge is 2.34. The highest BCUT2D eigenvalue weighted by Crippen LogP contribution is 2.35. The fourth-order valence-electron chi connectivity index (χ4n) is 9.65. The molecule has 4 fully saturated rings. The average Bonchev–Trinajstić information content (AvgIpc) is 4.37. The third-order valence-corrected chi connectivity index (χ3v) is 14.2. The molecule has 2 unspecified atom stereocenters. The number of likely N-dealkylation sites (tertiary alicyclic amines) is 1. The van der Waals surface area contributed by atoms with E-state index in [-0.39, 0.29) is 28.2 Å². The van der Waals surface area contributed by atoms with Gasteiger partial charge < -0.3 is 40.1 Å². The summed E-state index contributed by atoms with van der Waals surface area (Å²) in [7, 11) is 0. The molecule has 4 aromatic heterocycles. The number of aryl methyl sites for hydroxylation is 2. The molecule has 23 heteroatoms. The predicted molar refractivity (Wildman–Crippen MR) is 311 cm³/mol. The number of pyridine rings is 4. The first-order chi connectivity index (χ1) is 40.6. The molecular formula is C62H61ClF6N10O6. The molecule has 2 atom stereocenters. The Balaban J connectivity index is 0.000000209. The Morgan fingerprint density at radius 1 is 0.612 bits per heavy atom. The summed E-state index contributed by atoms with van der Waals surface area (Å²) in [5.41, 5.74) is 6.73.